The molecule has 0 saturated carbocycles. The number of carbonyl (C=O) groups excluding carboxylic acids is 1. The van der Waals surface area contributed by atoms with Crippen LogP contribution in [-0.2, 0) is 11.3 Å². The van der Waals surface area contributed by atoms with E-state index < -0.39 is 0 Å². The average molecular weight is 441 g/mol. The van der Waals surface area contributed by atoms with E-state index in [9.17, 15) is 4.79 Å². The summed E-state index contributed by atoms with van der Waals surface area (Å²) in [6, 6.07) is 9.63. The lowest BCUT2D eigenvalue weighted by Gasteiger charge is -2.13. The van der Waals surface area contributed by atoms with Gasteiger partial charge in [-0.25, -0.2) is 9.78 Å². The van der Waals surface area contributed by atoms with E-state index in [-0.39, 0.29) is 5.97 Å². The Morgan fingerprint density at radius 1 is 1.16 bits per heavy atom. The predicted octanol–water partition coefficient (Wildman–Crippen LogP) is 4.26. The van der Waals surface area contributed by atoms with Crippen LogP contribution in [0.5, 0.6) is 5.75 Å². The highest BCUT2D eigenvalue weighted by molar-refractivity contribution is 7.99. The smallest absolute Gasteiger partial charge is 0.340 e. The van der Waals surface area contributed by atoms with E-state index in [1.165, 1.54) is 0 Å². The molecule has 8 heteroatoms. The molecule has 2 heterocycles. The second-order valence-electron chi connectivity index (χ2n) is 6.74. The van der Waals surface area contributed by atoms with Crippen LogP contribution in [0.15, 0.2) is 47.6 Å². The molecule has 0 aliphatic carbocycles. The lowest BCUT2D eigenvalue weighted by molar-refractivity contribution is 0.0522. The Balaban J connectivity index is 1.76. The van der Waals surface area contributed by atoms with Crippen LogP contribution in [0.1, 0.15) is 36.2 Å². The van der Waals surface area contributed by atoms with Crippen molar-refractivity contribution in [1.82, 2.24) is 9.97 Å². The maximum atomic E-state index is 12.4. The minimum atomic E-state index is -0.356. The van der Waals surface area contributed by atoms with Gasteiger partial charge in [-0.2, -0.15) is 0 Å². The molecule has 1 aromatic carbocycles. The first-order valence-corrected chi connectivity index (χ1v) is 11.4. The molecule has 0 aliphatic heterocycles. The molecule has 0 unspecified atom stereocenters. The van der Waals surface area contributed by atoms with E-state index in [2.05, 4.69) is 15.3 Å². The molecule has 0 fully saturated rings. The summed E-state index contributed by atoms with van der Waals surface area (Å²) >= 11 is 1.60. The molecule has 7 nitrogen and oxygen atoms in total. The topological polar surface area (TPSA) is 99.4 Å². The van der Waals surface area contributed by atoms with E-state index in [4.69, 9.17) is 15.2 Å². The minimum Gasteiger partial charge on any atom is -0.489 e. The third-order valence-corrected chi connectivity index (χ3v) is 5.51. The van der Waals surface area contributed by atoms with Crippen molar-refractivity contribution < 1.29 is 14.3 Å². The summed E-state index contributed by atoms with van der Waals surface area (Å²) in [6.45, 7) is 6.01. The minimum absolute atomic E-state index is 0.325. The second-order valence-corrected chi connectivity index (χ2v) is 8.02. The van der Waals surface area contributed by atoms with Crippen LogP contribution >= 0.6 is 11.8 Å². The van der Waals surface area contributed by atoms with Crippen LogP contribution in [0.2, 0.25) is 0 Å². The molecule has 0 amide bonds. The number of fused-ring (bicyclic) bond motifs is 1. The summed E-state index contributed by atoms with van der Waals surface area (Å²) in [5.74, 6) is 2.00. The van der Waals surface area contributed by atoms with Gasteiger partial charge in [-0.1, -0.05) is 13.0 Å². The third-order valence-electron chi connectivity index (χ3n) is 4.49. The van der Waals surface area contributed by atoms with Gasteiger partial charge in [0.25, 0.3) is 0 Å². The van der Waals surface area contributed by atoms with Crippen molar-refractivity contribution in [1.29, 1.82) is 0 Å². The highest BCUT2D eigenvalue weighted by Crippen LogP contribution is 2.33. The summed E-state index contributed by atoms with van der Waals surface area (Å²) in [4.78, 5) is 22.1. The summed E-state index contributed by atoms with van der Waals surface area (Å²) in [5.41, 5.74) is 7.77. The number of carbonyl (C=O) groups is 1. The Kier molecular flexibility index (Phi) is 8.49. The Labute approximate surface area is 186 Å². The van der Waals surface area contributed by atoms with Gasteiger partial charge in [0, 0.05) is 34.8 Å². The van der Waals surface area contributed by atoms with E-state index in [1.807, 2.05) is 37.3 Å². The average Bonchev–Trinajstić information content (AvgIpc) is 2.79. The number of thioether (sulfide) groups is 1. The van der Waals surface area contributed by atoms with Gasteiger partial charge in [0.05, 0.1) is 17.7 Å². The fourth-order valence-electron chi connectivity index (χ4n) is 2.99. The Hall–Kier alpha value is -2.84. The van der Waals surface area contributed by atoms with Gasteiger partial charge in [0.15, 0.2) is 0 Å². The zero-order valence-corrected chi connectivity index (χ0v) is 18.7. The van der Waals surface area contributed by atoms with Crippen LogP contribution in [0.4, 0.5) is 5.82 Å². The molecular formula is C23H28N4O3S. The van der Waals surface area contributed by atoms with Crippen LogP contribution < -0.4 is 15.8 Å². The first-order valence-electron chi connectivity index (χ1n) is 10.4. The quantitative estimate of drug-likeness (QED) is 0.259. The van der Waals surface area contributed by atoms with Gasteiger partial charge in [-0.3, -0.25) is 4.98 Å². The standard InChI is InChI=1S/C23H28N4O3S/c1-3-29-23(28)19-14-26-20-8-7-17(12-18(20)22(19)31-4-2)30-15-16-6-9-21(27-13-16)25-11-5-10-24/h6-9,12-14H,3-5,10-11,15,24H2,1-2H3,(H,25,27). The largest absolute Gasteiger partial charge is 0.489 e. The highest BCUT2D eigenvalue weighted by Gasteiger charge is 2.17. The third kappa shape index (κ3) is 6.08. The summed E-state index contributed by atoms with van der Waals surface area (Å²) in [7, 11) is 0. The van der Waals surface area contributed by atoms with Crippen molar-refractivity contribution in [3.8, 4) is 5.75 Å². The van der Waals surface area contributed by atoms with Gasteiger partial charge < -0.3 is 20.5 Å². The molecule has 0 atom stereocenters. The monoisotopic (exact) mass is 440 g/mol. The number of nitrogens with zero attached hydrogens (tertiary/aromatic N) is 2. The molecule has 3 rings (SSSR count). The van der Waals surface area contributed by atoms with Gasteiger partial charge in [0.1, 0.15) is 18.2 Å². The van der Waals surface area contributed by atoms with E-state index in [0.29, 0.717) is 31.1 Å². The first kappa shape index (κ1) is 22.8. The van der Waals surface area contributed by atoms with Gasteiger partial charge in [0.2, 0.25) is 0 Å². The molecule has 31 heavy (non-hydrogen) atoms. The Bertz CT molecular complexity index is 1010. The number of ether oxygens (including phenoxy) is 2. The number of rotatable bonds is 11. The molecule has 3 N–H and O–H groups in total. The molecule has 0 aliphatic rings. The second kappa shape index (κ2) is 11.5. The van der Waals surface area contributed by atoms with Gasteiger partial charge in [-0.15, -0.1) is 11.8 Å². The SMILES string of the molecule is CCOC(=O)c1cnc2ccc(OCc3ccc(NCCCN)nc3)cc2c1SCC. The first-order chi connectivity index (χ1) is 15.2. The number of hydrogen-bond acceptors (Lipinski definition) is 8. The van der Waals surface area contributed by atoms with Crippen molar-refractivity contribution in [2.24, 2.45) is 5.73 Å². The van der Waals surface area contributed by atoms with Crippen LogP contribution in [0.3, 0.4) is 0 Å². The van der Waals surface area contributed by atoms with Crippen LogP contribution in [-0.4, -0.2) is 41.4 Å². The fraction of sp³-hybridized carbons (Fsp3) is 0.348. The van der Waals surface area contributed by atoms with Crippen LogP contribution in [0.25, 0.3) is 10.9 Å². The number of esters is 1. The Morgan fingerprint density at radius 3 is 2.74 bits per heavy atom. The lowest BCUT2D eigenvalue weighted by Crippen LogP contribution is -2.09. The van der Waals surface area contributed by atoms with Crippen LogP contribution in [0, 0.1) is 0 Å². The summed E-state index contributed by atoms with van der Waals surface area (Å²) in [6.07, 6.45) is 4.29. The molecule has 3 aromatic rings. The summed E-state index contributed by atoms with van der Waals surface area (Å²) in [5, 5.41) is 4.11. The number of nitrogens with one attached hydrogen (secondary N) is 1. The van der Waals surface area contributed by atoms with E-state index in [1.54, 1.807) is 31.1 Å². The summed E-state index contributed by atoms with van der Waals surface area (Å²) < 4.78 is 11.2. The Morgan fingerprint density at radius 2 is 2.03 bits per heavy atom. The number of aromatic nitrogens is 2. The molecule has 2 aromatic heterocycles. The maximum absolute atomic E-state index is 12.4. The molecular weight excluding hydrogens is 412 g/mol. The zero-order chi connectivity index (χ0) is 22.1. The normalized spacial score (nSPS) is 10.8. The molecule has 0 saturated heterocycles. The van der Waals surface area contributed by atoms with Crippen molar-refractivity contribution in [3.63, 3.8) is 0 Å². The van der Waals surface area contributed by atoms with Gasteiger partial charge >= 0.3 is 5.97 Å². The fourth-order valence-corrected chi connectivity index (χ4v) is 3.89. The molecule has 0 radical (unpaired) electrons. The number of anilines is 1. The molecule has 164 valence electrons. The molecule has 0 spiro atoms. The highest BCUT2D eigenvalue weighted by atomic mass is 32.2. The molecule has 0 bridgehead atoms. The van der Waals surface area contributed by atoms with Crippen molar-refractivity contribution >= 4 is 34.5 Å². The number of hydrogen-bond donors (Lipinski definition) is 2. The van der Waals surface area contributed by atoms with Gasteiger partial charge in [-0.05, 0) is 49.9 Å². The maximum Gasteiger partial charge on any atom is 0.340 e. The predicted molar refractivity (Wildman–Crippen MR) is 125 cm³/mol. The lowest BCUT2D eigenvalue weighted by atomic mass is 10.1. The number of benzene rings is 1. The van der Waals surface area contributed by atoms with Crippen molar-refractivity contribution in [2.75, 3.05) is 30.8 Å². The van der Waals surface area contributed by atoms with Crippen molar-refractivity contribution in [3.05, 3.63) is 53.9 Å². The zero-order valence-electron chi connectivity index (χ0n) is 17.9. The number of nitrogens with two attached hydrogens (primary N) is 1. The van der Waals surface area contributed by atoms with E-state index in [0.717, 1.165) is 45.9 Å². The number of pyridine rings is 2. The van der Waals surface area contributed by atoms with Crippen molar-refractivity contribution in [2.45, 2.75) is 31.8 Å². The van der Waals surface area contributed by atoms with E-state index >= 15 is 0 Å².